The maximum atomic E-state index is 12.8. The van der Waals surface area contributed by atoms with Gasteiger partial charge in [0.1, 0.15) is 17.6 Å². The molecule has 0 radical (unpaired) electrons. The molecule has 27 heavy (non-hydrogen) atoms. The van der Waals surface area contributed by atoms with Crippen molar-refractivity contribution < 1.29 is 4.42 Å². The highest BCUT2D eigenvalue weighted by molar-refractivity contribution is 7.73. The predicted octanol–water partition coefficient (Wildman–Crippen LogP) is 4.53. The van der Waals surface area contributed by atoms with Gasteiger partial charge in [-0.1, -0.05) is 41.1 Å². The molecule has 0 spiro atoms. The predicted molar refractivity (Wildman–Crippen MR) is 109 cm³/mol. The molecule has 0 saturated carbocycles. The molecule has 0 aliphatic heterocycles. The number of oxazole rings is 1. The molecule has 6 nitrogen and oxygen atoms in total. The van der Waals surface area contributed by atoms with E-state index >= 15 is 0 Å². The number of allylic oxidation sites excluding steroid dienone is 1. The van der Waals surface area contributed by atoms with Gasteiger partial charge >= 0.3 is 0 Å². The number of halogens is 1. The highest BCUT2D eigenvalue weighted by Crippen LogP contribution is 2.24. The summed E-state index contributed by atoms with van der Waals surface area (Å²) in [6.45, 7) is 4.40. The average molecular weight is 417 g/mol. The smallest absolute Gasteiger partial charge is 0.273 e. The summed E-state index contributed by atoms with van der Waals surface area (Å²) in [5.41, 5.74) is 1.21. The molecule has 0 aliphatic carbocycles. The molecule has 0 N–H and O–H groups in total. The van der Waals surface area contributed by atoms with Crippen LogP contribution in [0.3, 0.4) is 0 Å². The third-order valence-electron chi connectivity index (χ3n) is 3.92. The van der Waals surface area contributed by atoms with Gasteiger partial charge in [0, 0.05) is 17.1 Å². The number of hydrogen-bond acceptors (Lipinski definition) is 6. The van der Waals surface area contributed by atoms with Crippen molar-refractivity contribution in [1.29, 1.82) is 0 Å². The molecule has 0 unspecified atom stereocenters. The molecule has 0 saturated heterocycles. The molecular formula is C18H13ClN4O2S2. The molecule has 0 amide bonds. The van der Waals surface area contributed by atoms with Gasteiger partial charge in [-0.3, -0.25) is 9.36 Å². The van der Waals surface area contributed by atoms with E-state index in [0.717, 1.165) is 5.56 Å². The lowest BCUT2D eigenvalue weighted by Gasteiger charge is -2.03. The van der Waals surface area contributed by atoms with Gasteiger partial charge < -0.3 is 8.98 Å². The van der Waals surface area contributed by atoms with E-state index in [-0.39, 0.29) is 12.1 Å². The van der Waals surface area contributed by atoms with Crippen LogP contribution < -0.4 is 5.56 Å². The second kappa shape index (κ2) is 7.22. The lowest BCUT2D eigenvalue weighted by molar-refractivity contribution is 0.484. The van der Waals surface area contributed by atoms with Gasteiger partial charge in [-0.2, -0.15) is 0 Å². The van der Waals surface area contributed by atoms with Gasteiger partial charge in [0.2, 0.25) is 5.89 Å². The zero-order valence-electron chi connectivity index (χ0n) is 14.0. The maximum Gasteiger partial charge on any atom is 0.273 e. The molecule has 0 atom stereocenters. The van der Waals surface area contributed by atoms with E-state index in [4.69, 9.17) is 28.2 Å². The molecule has 0 fully saturated rings. The topological polar surface area (TPSA) is 65.8 Å². The fourth-order valence-corrected chi connectivity index (χ4v) is 4.18. The Morgan fingerprint density at radius 1 is 1.37 bits per heavy atom. The second-order valence-electron chi connectivity index (χ2n) is 5.73. The number of aromatic nitrogens is 4. The molecule has 136 valence electrons. The van der Waals surface area contributed by atoms with Gasteiger partial charge in [0.05, 0.1) is 6.20 Å². The van der Waals surface area contributed by atoms with E-state index in [0.29, 0.717) is 37.5 Å². The first-order valence-corrected chi connectivity index (χ1v) is 9.57. The first-order valence-electron chi connectivity index (χ1n) is 7.97. The molecular weight excluding hydrogens is 404 g/mol. The molecule has 0 aliphatic rings. The van der Waals surface area contributed by atoms with Crippen LogP contribution >= 0.6 is 35.2 Å². The van der Waals surface area contributed by atoms with Crippen LogP contribution in [0.2, 0.25) is 5.02 Å². The summed E-state index contributed by atoms with van der Waals surface area (Å²) in [7, 11) is 0. The number of benzene rings is 1. The molecule has 3 heterocycles. The van der Waals surface area contributed by atoms with E-state index in [9.17, 15) is 4.79 Å². The Balaban J connectivity index is 1.68. The third kappa shape index (κ3) is 3.39. The van der Waals surface area contributed by atoms with Crippen molar-refractivity contribution in [3.63, 3.8) is 0 Å². The maximum absolute atomic E-state index is 12.8. The van der Waals surface area contributed by atoms with Crippen LogP contribution in [0.25, 0.3) is 21.7 Å². The summed E-state index contributed by atoms with van der Waals surface area (Å²) in [5, 5.41) is 0.613. The summed E-state index contributed by atoms with van der Waals surface area (Å²) in [6.07, 6.45) is 4.82. The molecule has 4 aromatic rings. The van der Waals surface area contributed by atoms with E-state index in [1.165, 1.54) is 22.2 Å². The van der Waals surface area contributed by atoms with Crippen molar-refractivity contribution in [2.24, 2.45) is 0 Å². The van der Waals surface area contributed by atoms with Gasteiger partial charge in [-0.05, 0) is 24.4 Å². The Morgan fingerprint density at radius 3 is 3.00 bits per heavy atom. The molecule has 3 aromatic heterocycles. The Morgan fingerprint density at radius 2 is 2.22 bits per heavy atom. The zero-order chi connectivity index (χ0) is 19.0. The van der Waals surface area contributed by atoms with Crippen molar-refractivity contribution in [1.82, 2.24) is 19.1 Å². The quantitative estimate of drug-likeness (QED) is 0.353. The highest BCUT2D eigenvalue weighted by atomic mass is 35.5. The molecule has 0 bridgehead atoms. The number of rotatable bonds is 5. The zero-order valence-corrected chi connectivity index (χ0v) is 16.4. The van der Waals surface area contributed by atoms with E-state index in [1.54, 1.807) is 29.0 Å². The number of hydrogen-bond donors (Lipinski definition) is 0. The monoisotopic (exact) mass is 416 g/mol. The first kappa shape index (κ1) is 17.8. The minimum absolute atomic E-state index is 0.175. The number of thiazole rings is 1. The number of fused-ring (bicyclic) bond motifs is 1. The van der Waals surface area contributed by atoms with E-state index in [2.05, 4.69) is 16.5 Å². The van der Waals surface area contributed by atoms with Gasteiger partial charge in [0.15, 0.2) is 15.4 Å². The van der Waals surface area contributed by atoms with E-state index < -0.39 is 0 Å². The van der Waals surface area contributed by atoms with Crippen molar-refractivity contribution in [3.05, 3.63) is 74.7 Å². The van der Waals surface area contributed by atoms with Crippen LogP contribution in [0.15, 0.2) is 58.7 Å². The van der Waals surface area contributed by atoms with Crippen molar-refractivity contribution >= 4 is 45.5 Å². The Labute approximate surface area is 168 Å². The van der Waals surface area contributed by atoms with Crippen molar-refractivity contribution in [2.75, 3.05) is 0 Å². The van der Waals surface area contributed by atoms with Crippen LogP contribution in [-0.2, 0) is 13.1 Å². The minimum Gasteiger partial charge on any atom is -0.439 e. The Hall–Kier alpha value is -2.55. The van der Waals surface area contributed by atoms with Crippen LogP contribution in [0.1, 0.15) is 5.89 Å². The fourth-order valence-electron chi connectivity index (χ4n) is 2.68. The van der Waals surface area contributed by atoms with Gasteiger partial charge in [-0.25, -0.2) is 9.97 Å². The molecule has 9 heteroatoms. The average Bonchev–Trinajstić information content (AvgIpc) is 3.24. The standard InChI is InChI=1S/C18H13ClN4O2S2/c1-2-6-23-16-15(27-18(23)26)17(24)22(10-21-16)9-14-20-8-13(25-14)11-4-3-5-12(19)7-11/h2-5,7-8,10H,1,6,9H2. The summed E-state index contributed by atoms with van der Waals surface area (Å²) >= 11 is 12.6. The summed E-state index contributed by atoms with van der Waals surface area (Å²) in [4.78, 5) is 21.4. The molecule has 1 aromatic carbocycles. The Bertz CT molecular complexity index is 1270. The lowest BCUT2D eigenvalue weighted by atomic mass is 10.2. The van der Waals surface area contributed by atoms with Crippen molar-refractivity contribution in [2.45, 2.75) is 13.1 Å². The van der Waals surface area contributed by atoms with Crippen LogP contribution in [0, 0.1) is 3.95 Å². The van der Waals surface area contributed by atoms with Gasteiger partial charge in [-0.15, -0.1) is 6.58 Å². The van der Waals surface area contributed by atoms with Crippen molar-refractivity contribution in [3.8, 4) is 11.3 Å². The summed E-state index contributed by atoms with van der Waals surface area (Å²) < 4.78 is 10.1. The largest absolute Gasteiger partial charge is 0.439 e. The summed E-state index contributed by atoms with van der Waals surface area (Å²) in [5.74, 6) is 0.990. The first-order chi connectivity index (χ1) is 13.1. The van der Waals surface area contributed by atoms with E-state index in [1.807, 2.05) is 12.1 Å². The summed E-state index contributed by atoms with van der Waals surface area (Å²) in [6, 6.07) is 7.30. The number of nitrogens with zero attached hydrogens (tertiary/aromatic N) is 4. The van der Waals surface area contributed by atoms with Crippen LogP contribution in [0.4, 0.5) is 0 Å². The third-order valence-corrected chi connectivity index (χ3v) is 5.58. The lowest BCUT2D eigenvalue weighted by Crippen LogP contribution is -2.21. The van der Waals surface area contributed by atoms with Crippen LogP contribution in [-0.4, -0.2) is 19.1 Å². The highest BCUT2D eigenvalue weighted by Gasteiger charge is 2.14. The van der Waals surface area contributed by atoms with Gasteiger partial charge in [0.25, 0.3) is 5.56 Å². The second-order valence-corrected chi connectivity index (χ2v) is 7.81. The van der Waals surface area contributed by atoms with Crippen LogP contribution in [0.5, 0.6) is 0 Å². The fraction of sp³-hybridized carbons (Fsp3) is 0.111. The minimum atomic E-state index is -0.179. The molecule has 4 rings (SSSR count). The normalized spacial score (nSPS) is 11.1. The SMILES string of the molecule is C=CCn1c(=S)sc2c(=O)n(Cc3ncc(-c4cccc(Cl)c4)o3)cnc21. The Kier molecular flexibility index (Phi) is 4.77.